The van der Waals surface area contributed by atoms with Crippen LogP contribution < -0.4 is 15.5 Å². The van der Waals surface area contributed by atoms with Crippen LogP contribution >= 0.6 is 0 Å². The van der Waals surface area contributed by atoms with E-state index in [0.717, 1.165) is 36.7 Å². The standard InChI is InChI=1S/C22H25N5O/c1-23-22-25-13-10-20(26-22)27(15-16-8-11-24-12-9-16)21(28)19-7-6-17-4-2-3-5-18(17)14-19/h2-7,10,13-14,16,24H,8-9,11-12,15H2,1H3,(H,23,25,26). The molecule has 1 saturated heterocycles. The highest BCUT2D eigenvalue weighted by molar-refractivity contribution is 6.07. The van der Waals surface area contributed by atoms with Gasteiger partial charge in [0.05, 0.1) is 0 Å². The van der Waals surface area contributed by atoms with Crippen molar-refractivity contribution in [1.29, 1.82) is 0 Å². The van der Waals surface area contributed by atoms with Gasteiger partial charge in [-0.05, 0) is 60.8 Å². The van der Waals surface area contributed by atoms with Gasteiger partial charge >= 0.3 is 0 Å². The van der Waals surface area contributed by atoms with Crippen LogP contribution in [-0.4, -0.2) is 42.6 Å². The van der Waals surface area contributed by atoms with E-state index in [1.165, 1.54) is 0 Å². The number of benzene rings is 2. The maximum absolute atomic E-state index is 13.5. The molecule has 1 amide bonds. The third kappa shape index (κ3) is 3.97. The lowest BCUT2D eigenvalue weighted by Gasteiger charge is -2.29. The van der Waals surface area contributed by atoms with Crippen molar-refractivity contribution in [2.24, 2.45) is 5.92 Å². The molecule has 0 saturated carbocycles. The van der Waals surface area contributed by atoms with Crippen LogP contribution in [0.5, 0.6) is 0 Å². The van der Waals surface area contributed by atoms with E-state index in [2.05, 4.69) is 26.7 Å². The highest BCUT2D eigenvalue weighted by Gasteiger charge is 2.24. The topological polar surface area (TPSA) is 70.2 Å². The summed E-state index contributed by atoms with van der Waals surface area (Å²) in [5, 5.41) is 8.54. The molecule has 1 aromatic heterocycles. The zero-order valence-electron chi connectivity index (χ0n) is 16.1. The fourth-order valence-corrected chi connectivity index (χ4v) is 3.70. The smallest absolute Gasteiger partial charge is 0.259 e. The quantitative estimate of drug-likeness (QED) is 0.716. The minimum Gasteiger partial charge on any atom is -0.357 e. The van der Waals surface area contributed by atoms with Crippen molar-refractivity contribution in [1.82, 2.24) is 15.3 Å². The first-order valence-corrected chi connectivity index (χ1v) is 9.77. The summed E-state index contributed by atoms with van der Waals surface area (Å²) in [4.78, 5) is 24.0. The van der Waals surface area contributed by atoms with Gasteiger partial charge in [-0.25, -0.2) is 4.98 Å². The lowest BCUT2D eigenvalue weighted by molar-refractivity contribution is 0.0980. The largest absolute Gasteiger partial charge is 0.357 e. The Morgan fingerprint density at radius 3 is 2.71 bits per heavy atom. The molecular weight excluding hydrogens is 350 g/mol. The molecule has 1 aliphatic heterocycles. The van der Waals surface area contributed by atoms with Gasteiger partial charge < -0.3 is 10.6 Å². The molecular formula is C22H25N5O. The van der Waals surface area contributed by atoms with Crippen molar-refractivity contribution in [3.8, 4) is 0 Å². The van der Waals surface area contributed by atoms with Crippen LogP contribution in [0.25, 0.3) is 10.8 Å². The number of piperidine rings is 1. The van der Waals surface area contributed by atoms with Crippen molar-refractivity contribution in [2.45, 2.75) is 12.8 Å². The second-order valence-electron chi connectivity index (χ2n) is 7.16. The third-order valence-electron chi connectivity index (χ3n) is 5.28. The zero-order chi connectivity index (χ0) is 19.3. The molecule has 0 radical (unpaired) electrons. The summed E-state index contributed by atoms with van der Waals surface area (Å²) in [5.74, 6) is 1.58. The molecule has 3 aromatic rings. The number of anilines is 2. The van der Waals surface area contributed by atoms with E-state index in [1.807, 2.05) is 41.3 Å². The van der Waals surface area contributed by atoms with E-state index in [1.54, 1.807) is 19.3 Å². The number of aromatic nitrogens is 2. The van der Waals surface area contributed by atoms with Crippen LogP contribution in [0.1, 0.15) is 23.2 Å². The average molecular weight is 375 g/mol. The van der Waals surface area contributed by atoms with Gasteiger partial charge in [0, 0.05) is 25.4 Å². The first-order valence-electron chi connectivity index (χ1n) is 9.77. The fraction of sp³-hybridized carbons (Fsp3) is 0.318. The van der Waals surface area contributed by atoms with Crippen molar-refractivity contribution in [2.75, 3.05) is 36.9 Å². The Morgan fingerprint density at radius 1 is 1.14 bits per heavy atom. The normalized spacial score (nSPS) is 14.8. The average Bonchev–Trinajstić information content (AvgIpc) is 2.77. The molecule has 1 fully saturated rings. The summed E-state index contributed by atoms with van der Waals surface area (Å²) >= 11 is 0. The first kappa shape index (κ1) is 18.4. The van der Waals surface area contributed by atoms with Gasteiger partial charge in [0.2, 0.25) is 5.95 Å². The number of hydrogen-bond donors (Lipinski definition) is 2. The number of rotatable bonds is 5. The minimum atomic E-state index is -0.0231. The van der Waals surface area contributed by atoms with Crippen molar-refractivity contribution in [3.05, 3.63) is 60.3 Å². The summed E-state index contributed by atoms with van der Waals surface area (Å²) in [6.07, 6.45) is 3.81. The number of nitrogens with one attached hydrogen (secondary N) is 2. The summed E-state index contributed by atoms with van der Waals surface area (Å²) in [5.41, 5.74) is 0.678. The molecule has 2 N–H and O–H groups in total. The molecule has 0 atom stereocenters. The van der Waals surface area contributed by atoms with E-state index in [0.29, 0.717) is 29.8 Å². The molecule has 0 bridgehead atoms. The lowest BCUT2D eigenvalue weighted by Crippen LogP contribution is -2.40. The molecule has 1 aliphatic rings. The number of hydrogen-bond acceptors (Lipinski definition) is 5. The number of amides is 1. The maximum Gasteiger partial charge on any atom is 0.259 e. The van der Waals surface area contributed by atoms with Gasteiger partial charge in [-0.2, -0.15) is 4.98 Å². The van der Waals surface area contributed by atoms with Gasteiger partial charge in [0.1, 0.15) is 5.82 Å². The van der Waals surface area contributed by atoms with E-state index in [9.17, 15) is 4.79 Å². The Balaban J connectivity index is 1.68. The van der Waals surface area contributed by atoms with Crippen molar-refractivity contribution >= 4 is 28.4 Å². The molecule has 144 valence electrons. The Hall–Kier alpha value is -2.99. The Bertz CT molecular complexity index is 968. The van der Waals surface area contributed by atoms with Crippen molar-refractivity contribution < 1.29 is 4.79 Å². The monoisotopic (exact) mass is 375 g/mol. The van der Waals surface area contributed by atoms with Crippen LogP contribution in [-0.2, 0) is 0 Å². The van der Waals surface area contributed by atoms with Gasteiger partial charge in [-0.1, -0.05) is 30.3 Å². The van der Waals surface area contributed by atoms with Gasteiger partial charge in [-0.3, -0.25) is 9.69 Å². The number of carbonyl (C=O) groups is 1. The Kier molecular flexibility index (Phi) is 5.48. The molecule has 2 aromatic carbocycles. The highest BCUT2D eigenvalue weighted by Crippen LogP contribution is 2.23. The van der Waals surface area contributed by atoms with E-state index >= 15 is 0 Å². The predicted molar refractivity (Wildman–Crippen MR) is 113 cm³/mol. The van der Waals surface area contributed by atoms with Crippen LogP contribution in [0.2, 0.25) is 0 Å². The molecule has 2 heterocycles. The van der Waals surface area contributed by atoms with Crippen molar-refractivity contribution in [3.63, 3.8) is 0 Å². The molecule has 6 nitrogen and oxygen atoms in total. The molecule has 6 heteroatoms. The van der Waals surface area contributed by atoms with E-state index in [-0.39, 0.29) is 5.91 Å². The third-order valence-corrected chi connectivity index (χ3v) is 5.28. The van der Waals surface area contributed by atoms with E-state index in [4.69, 9.17) is 0 Å². The summed E-state index contributed by atoms with van der Waals surface area (Å²) in [6, 6.07) is 15.8. The minimum absolute atomic E-state index is 0.0231. The maximum atomic E-state index is 13.5. The number of fused-ring (bicyclic) bond motifs is 1. The second-order valence-corrected chi connectivity index (χ2v) is 7.16. The zero-order valence-corrected chi connectivity index (χ0v) is 16.1. The van der Waals surface area contributed by atoms with Crippen LogP contribution in [0.4, 0.5) is 11.8 Å². The Morgan fingerprint density at radius 2 is 1.93 bits per heavy atom. The molecule has 0 spiro atoms. The SMILES string of the molecule is CNc1nccc(N(CC2CCNCC2)C(=O)c2ccc3ccccc3c2)n1. The van der Waals surface area contributed by atoms with E-state index < -0.39 is 0 Å². The summed E-state index contributed by atoms with van der Waals surface area (Å²) in [6.45, 7) is 2.65. The van der Waals surface area contributed by atoms with Crippen LogP contribution in [0.3, 0.4) is 0 Å². The number of carbonyl (C=O) groups excluding carboxylic acids is 1. The molecule has 0 unspecified atom stereocenters. The lowest BCUT2D eigenvalue weighted by atomic mass is 9.97. The highest BCUT2D eigenvalue weighted by atomic mass is 16.2. The van der Waals surface area contributed by atoms with Gasteiger partial charge in [0.15, 0.2) is 0 Å². The Labute approximate surface area is 165 Å². The number of nitrogens with zero attached hydrogens (tertiary/aromatic N) is 3. The predicted octanol–water partition coefficient (Wildman–Crippen LogP) is 3.32. The summed E-state index contributed by atoms with van der Waals surface area (Å²) < 4.78 is 0. The molecule has 28 heavy (non-hydrogen) atoms. The van der Waals surface area contributed by atoms with Gasteiger partial charge in [-0.15, -0.1) is 0 Å². The molecule has 4 rings (SSSR count). The fourth-order valence-electron chi connectivity index (χ4n) is 3.70. The first-order chi connectivity index (χ1) is 13.7. The summed E-state index contributed by atoms with van der Waals surface area (Å²) in [7, 11) is 1.78. The van der Waals surface area contributed by atoms with Crippen LogP contribution in [0.15, 0.2) is 54.7 Å². The molecule has 0 aliphatic carbocycles. The van der Waals surface area contributed by atoms with Gasteiger partial charge in [0.25, 0.3) is 5.91 Å². The van der Waals surface area contributed by atoms with Crippen LogP contribution in [0, 0.1) is 5.92 Å². The second kappa shape index (κ2) is 8.35.